The molecule has 0 spiro atoms. The van der Waals surface area contributed by atoms with Crippen LogP contribution < -0.4 is 5.73 Å². The van der Waals surface area contributed by atoms with Crippen molar-refractivity contribution in [2.24, 2.45) is 0 Å². The van der Waals surface area contributed by atoms with Crippen molar-refractivity contribution in [3.05, 3.63) is 56.6 Å². The SMILES string of the molecule is Nc1c([N+](=O)[O-])ccc2ccccc12.O=[N+]([O-])O. The number of rotatable bonds is 1. The third kappa shape index (κ3) is 3.04. The molecule has 18 heavy (non-hydrogen) atoms. The first-order chi connectivity index (χ1) is 8.43. The van der Waals surface area contributed by atoms with Gasteiger partial charge in [-0.1, -0.05) is 24.3 Å². The number of nitro benzene ring substituents is 1. The Bertz CT molecular complexity index is 595. The van der Waals surface area contributed by atoms with Gasteiger partial charge in [0.25, 0.3) is 10.8 Å². The molecule has 0 saturated heterocycles. The molecule has 0 radical (unpaired) electrons. The number of benzene rings is 2. The van der Waals surface area contributed by atoms with Crippen LogP contribution in [0.5, 0.6) is 0 Å². The van der Waals surface area contributed by atoms with Crippen LogP contribution in [0.4, 0.5) is 11.4 Å². The Hall–Kier alpha value is -2.90. The van der Waals surface area contributed by atoms with E-state index in [4.69, 9.17) is 21.1 Å². The Labute approximate surface area is 101 Å². The highest BCUT2D eigenvalue weighted by Gasteiger charge is 2.12. The first-order valence-corrected chi connectivity index (χ1v) is 4.68. The molecule has 8 heteroatoms. The maximum Gasteiger partial charge on any atom is 0.292 e. The van der Waals surface area contributed by atoms with Gasteiger partial charge in [-0.05, 0) is 11.5 Å². The first-order valence-electron chi connectivity index (χ1n) is 4.68. The van der Waals surface area contributed by atoms with Crippen LogP contribution in [0.15, 0.2) is 36.4 Å². The second-order valence-electron chi connectivity index (χ2n) is 3.21. The Morgan fingerprint density at radius 2 is 1.61 bits per heavy atom. The summed E-state index contributed by atoms with van der Waals surface area (Å²) in [5, 5.41) is 25.9. The summed E-state index contributed by atoms with van der Waals surface area (Å²) in [5.74, 6) is 0. The van der Waals surface area contributed by atoms with Gasteiger partial charge in [0.15, 0.2) is 0 Å². The van der Waals surface area contributed by atoms with E-state index in [1.807, 2.05) is 18.2 Å². The van der Waals surface area contributed by atoms with Crippen molar-refractivity contribution < 1.29 is 15.2 Å². The minimum atomic E-state index is -1.50. The second kappa shape index (κ2) is 5.43. The summed E-state index contributed by atoms with van der Waals surface area (Å²) in [6.45, 7) is 0. The molecular formula is C10H9N3O5. The molecule has 0 heterocycles. The standard InChI is InChI=1S/C10H8N2O2.HNO3/c11-10-8-4-2-1-3-7(8)5-6-9(10)12(13)14;2-1(3)4/h1-6H,11H2;(H,2,3,4). The lowest BCUT2D eigenvalue weighted by molar-refractivity contribution is -0.742. The Kier molecular flexibility index (Phi) is 3.98. The largest absolute Gasteiger partial charge is 0.393 e. The zero-order chi connectivity index (χ0) is 13.7. The van der Waals surface area contributed by atoms with Gasteiger partial charge in [0.05, 0.1) is 4.92 Å². The van der Waals surface area contributed by atoms with Gasteiger partial charge >= 0.3 is 0 Å². The zero-order valence-electron chi connectivity index (χ0n) is 9.02. The van der Waals surface area contributed by atoms with Crippen LogP contribution in [-0.2, 0) is 0 Å². The highest BCUT2D eigenvalue weighted by atomic mass is 16.9. The van der Waals surface area contributed by atoms with Crippen molar-refractivity contribution in [2.75, 3.05) is 5.73 Å². The molecule has 2 aromatic carbocycles. The molecule has 94 valence electrons. The summed E-state index contributed by atoms with van der Waals surface area (Å²) in [6, 6.07) is 10.4. The van der Waals surface area contributed by atoms with Gasteiger partial charge in [0.2, 0.25) is 0 Å². The monoisotopic (exact) mass is 251 g/mol. The van der Waals surface area contributed by atoms with Gasteiger partial charge in [0, 0.05) is 11.5 Å². The maximum atomic E-state index is 10.6. The summed E-state index contributed by atoms with van der Waals surface area (Å²) in [6.07, 6.45) is 0. The van der Waals surface area contributed by atoms with Crippen molar-refractivity contribution >= 4 is 22.1 Å². The number of hydrogen-bond acceptors (Lipinski definition) is 5. The second-order valence-corrected chi connectivity index (χ2v) is 3.21. The highest BCUT2D eigenvalue weighted by Crippen LogP contribution is 2.29. The van der Waals surface area contributed by atoms with Crippen LogP contribution in [0.3, 0.4) is 0 Å². The molecule has 0 aliphatic heterocycles. The number of nitrogens with two attached hydrogens (primary N) is 1. The van der Waals surface area contributed by atoms with Crippen LogP contribution in [0.1, 0.15) is 0 Å². The van der Waals surface area contributed by atoms with Crippen LogP contribution in [0.25, 0.3) is 10.8 Å². The van der Waals surface area contributed by atoms with E-state index in [0.29, 0.717) is 0 Å². The predicted molar refractivity (Wildman–Crippen MR) is 63.8 cm³/mol. The van der Waals surface area contributed by atoms with Crippen molar-refractivity contribution in [2.45, 2.75) is 0 Å². The lowest BCUT2D eigenvalue weighted by atomic mass is 10.1. The Morgan fingerprint density at radius 3 is 2.17 bits per heavy atom. The van der Waals surface area contributed by atoms with Crippen LogP contribution in [-0.4, -0.2) is 15.2 Å². The number of anilines is 1. The van der Waals surface area contributed by atoms with Crippen molar-refractivity contribution in [3.8, 4) is 0 Å². The summed E-state index contributed by atoms with van der Waals surface area (Å²) < 4.78 is 0. The quantitative estimate of drug-likeness (QED) is 0.452. The summed E-state index contributed by atoms with van der Waals surface area (Å²) in [4.78, 5) is 18.5. The molecule has 2 rings (SSSR count). The van der Waals surface area contributed by atoms with Gasteiger partial charge in [-0.25, -0.2) is 0 Å². The van der Waals surface area contributed by atoms with E-state index < -0.39 is 10.0 Å². The predicted octanol–water partition coefficient (Wildman–Crippen LogP) is 1.98. The smallest absolute Gasteiger partial charge is 0.292 e. The van der Waals surface area contributed by atoms with Gasteiger partial charge < -0.3 is 10.9 Å². The van der Waals surface area contributed by atoms with Gasteiger partial charge in [-0.3, -0.25) is 10.1 Å². The highest BCUT2D eigenvalue weighted by molar-refractivity contribution is 5.97. The Morgan fingerprint density at radius 1 is 1.06 bits per heavy atom. The first kappa shape index (κ1) is 13.2. The molecule has 0 fully saturated rings. The molecule has 0 unspecified atom stereocenters. The topological polar surface area (TPSA) is 133 Å². The fourth-order valence-corrected chi connectivity index (χ4v) is 1.44. The Balaban J connectivity index is 0.000000357. The van der Waals surface area contributed by atoms with Gasteiger partial charge in [-0.2, -0.15) is 0 Å². The number of fused-ring (bicyclic) bond motifs is 1. The summed E-state index contributed by atoms with van der Waals surface area (Å²) in [7, 11) is 0. The van der Waals surface area contributed by atoms with E-state index in [1.54, 1.807) is 12.1 Å². The lowest BCUT2D eigenvalue weighted by Gasteiger charge is -2.01. The van der Waals surface area contributed by atoms with Gasteiger partial charge in [0.1, 0.15) is 5.69 Å². The van der Waals surface area contributed by atoms with Crippen molar-refractivity contribution in [1.29, 1.82) is 0 Å². The lowest BCUT2D eigenvalue weighted by Crippen LogP contribution is -1.95. The summed E-state index contributed by atoms with van der Waals surface area (Å²) >= 11 is 0. The summed E-state index contributed by atoms with van der Waals surface area (Å²) in [5.41, 5.74) is 5.87. The molecule has 3 N–H and O–H groups in total. The average molecular weight is 251 g/mol. The molecule has 0 saturated carbocycles. The number of nitrogen functional groups attached to an aromatic ring is 1. The third-order valence-electron chi connectivity index (χ3n) is 2.14. The molecule has 0 aromatic heterocycles. The van der Waals surface area contributed by atoms with Crippen LogP contribution in [0.2, 0.25) is 0 Å². The molecule has 0 atom stereocenters. The van der Waals surface area contributed by atoms with E-state index in [-0.39, 0.29) is 11.4 Å². The van der Waals surface area contributed by atoms with Crippen LogP contribution in [0, 0.1) is 20.2 Å². The minimum Gasteiger partial charge on any atom is -0.393 e. The molecule has 0 aliphatic rings. The molecular weight excluding hydrogens is 242 g/mol. The van der Waals surface area contributed by atoms with E-state index in [9.17, 15) is 10.1 Å². The van der Waals surface area contributed by atoms with Crippen molar-refractivity contribution in [3.63, 3.8) is 0 Å². The molecule has 0 aliphatic carbocycles. The molecule has 2 aromatic rings. The normalized spacial score (nSPS) is 9.33. The van der Waals surface area contributed by atoms with Gasteiger partial charge in [-0.15, -0.1) is 10.1 Å². The maximum absolute atomic E-state index is 10.6. The molecule has 0 amide bonds. The number of hydrogen-bond donors (Lipinski definition) is 2. The van der Waals surface area contributed by atoms with Crippen LogP contribution >= 0.6 is 0 Å². The zero-order valence-corrected chi connectivity index (χ0v) is 9.02. The van der Waals surface area contributed by atoms with E-state index in [0.717, 1.165) is 10.8 Å². The third-order valence-corrected chi connectivity index (χ3v) is 2.14. The van der Waals surface area contributed by atoms with E-state index in [2.05, 4.69) is 0 Å². The van der Waals surface area contributed by atoms with Crippen molar-refractivity contribution in [1.82, 2.24) is 0 Å². The van der Waals surface area contributed by atoms with E-state index >= 15 is 0 Å². The minimum absolute atomic E-state index is 0.0382. The van der Waals surface area contributed by atoms with E-state index in [1.165, 1.54) is 6.07 Å². The number of nitro groups is 1. The fraction of sp³-hybridized carbons (Fsp3) is 0. The molecule has 8 nitrogen and oxygen atoms in total. The number of nitrogens with zero attached hydrogens (tertiary/aromatic N) is 2. The average Bonchev–Trinajstić information content (AvgIpc) is 2.28. The fourth-order valence-electron chi connectivity index (χ4n) is 1.44. The molecule has 0 bridgehead atoms.